The first-order valence-corrected chi connectivity index (χ1v) is 8.20. The average molecular weight is 320 g/mol. The van der Waals surface area contributed by atoms with Crippen molar-refractivity contribution in [1.82, 2.24) is 10.6 Å². The van der Waals surface area contributed by atoms with Gasteiger partial charge < -0.3 is 20.1 Å². The van der Waals surface area contributed by atoms with Gasteiger partial charge in [0.2, 0.25) is 0 Å². The van der Waals surface area contributed by atoms with Crippen molar-refractivity contribution >= 4 is 6.03 Å². The largest absolute Gasteiger partial charge is 0.486 e. The number of carbonyl (C=O) groups is 1. The Bertz CT molecular complexity index is 550. The van der Waals surface area contributed by atoms with E-state index < -0.39 is 0 Å². The molecular formula is C18H28N2O3. The molecule has 0 radical (unpaired) electrons. The quantitative estimate of drug-likeness (QED) is 0.892. The Labute approximate surface area is 138 Å². The van der Waals surface area contributed by atoms with Crippen molar-refractivity contribution in [3.05, 3.63) is 23.8 Å². The summed E-state index contributed by atoms with van der Waals surface area (Å²) in [6.45, 7) is 12.2. The molecular weight excluding hydrogens is 292 g/mol. The second-order valence-electron chi connectivity index (χ2n) is 7.51. The first-order chi connectivity index (χ1) is 10.8. The standard InChI is InChI=1S/C18H28N2O3/c1-12(2)16(20-17(21)19-11-18(3,4)5)13-6-7-14-15(10-13)23-9-8-22-14/h6-7,10,12,16H,8-9,11H2,1-5H3,(H2,19,20,21). The number of urea groups is 1. The molecule has 0 saturated heterocycles. The van der Waals surface area contributed by atoms with E-state index in [-0.39, 0.29) is 23.4 Å². The van der Waals surface area contributed by atoms with Crippen molar-refractivity contribution in [1.29, 1.82) is 0 Å². The van der Waals surface area contributed by atoms with Gasteiger partial charge in [0.25, 0.3) is 0 Å². The van der Waals surface area contributed by atoms with Crippen LogP contribution in [-0.2, 0) is 0 Å². The molecule has 2 amide bonds. The Hall–Kier alpha value is -1.91. The topological polar surface area (TPSA) is 59.6 Å². The van der Waals surface area contributed by atoms with Crippen molar-refractivity contribution in [2.75, 3.05) is 19.8 Å². The number of amides is 2. The van der Waals surface area contributed by atoms with Crippen LogP contribution in [0.2, 0.25) is 0 Å². The van der Waals surface area contributed by atoms with Gasteiger partial charge in [0.05, 0.1) is 6.04 Å². The summed E-state index contributed by atoms with van der Waals surface area (Å²) >= 11 is 0. The van der Waals surface area contributed by atoms with Crippen LogP contribution in [0, 0.1) is 11.3 Å². The Morgan fingerprint density at radius 1 is 1.17 bits per heavy atom. The summed E-state index contributed by atoms with van der Waals surface area (Å²) in [5, 5.41) is 6.00. The number of nitrogens with one attached hydrogen (secondary N) is 2. The van der Waals surface area contributed by atoms with Gasteiger partial charge in [0, 0.05) is 6.54 Å². The van der Waals surface area contributed by atoms with Gasteiger partial charge >= 0.3 is 6.03 Å². The third kappa shape index (κ3) is 5.05. The summed E-state index contributed by atoms with van der Waals surface area (Å²) in [4.78, 5) is 12.2. The molecule has 1 aromatic carbocycles. The van der Waals surface area contributed by atoms with Crippen LogP contribution < -0.4 is 20.1 Å². The molecule has 0 aliphatic carbocycles. The maximum absolute atomic E-state index is 12.2. The lowest BCUT2D eigenvalue weighted by Gasteiger charge is -2.26. The van der Waals surface area contributed by atoms with Gasteiger partial charge in [0.1, 0.15) is 13.2 Å². The van der Waals surface area contributed by atoms with E-state index in [0.29, 0.717) is 19.8 Å². The van der Waals surface area contributed by atoms with E-state index in [1.807, 2.05) is 18.2 Å². The van der Waals surface area contributed by atoms with E-state index in [4.69, 9.17) is 9.47 Å². The number of benzene rings is 1. The predicted octanol–water partition coefficient (Wildman–Crippen LogP) is 3.50. The molecule has 0 fully saturated rings. The van der Waals surface area contributed by atoms with Crippen molar-refractivity contribution in [2.45, 2.75) is 40.7 Å². The first-order valence-electron chi connectivity index (χ1n) is 8.20. The van der Waals surface area contributed by atoms with E-state index in [9.17, 15) is 4.79 Å². The lowest BCUT2D eigenvalue weighted by molar-refractivity contribution is 0.171. The number of carbonyl (C=O) groups excluding carboxylic acids is 1. The van der Waals surface area contributed by atoms with Crippen LogP contribution in [0.3, 0.4) is 0 Å². The fourth-order valence-electron chi connectivity index (χ4n) is 2.43. The summed E-state index contributed by atoms with van der Waals surface area (Å²) < 4.78 is 11.2. The number of hydrogen-bond acceptors (Lipinski definition) is 3. The van der Waals surface area contributed by atoms with Gasteiger partial charge in [-0.05, 0) is 29.0 Å². The SMILES string of the molecule is CC(C)C(NC(=O)NCC(C)(C)C)c1ccc2c(c1)OCCO2. The smallest absolute Gasteiger partial charge is 0.315 e. The van der Waals surface area contributed by atoms with Crippen LogP contribution in [0.1, 0.15) is 46.2 Å². The van der Waals surface area contributed by atoms with Gasteiger partial charge in [0.15, 0.2) is 11.5 Å². The number of hydrogen-bond donors (Lipinski definition) is 2. The van der Waals surface area contributed by atoms with E-state index in [1.165, 1.54) is 0 Å². The maximum Gasteiger partial charge on any atom is 0.315 e. The second kappa shape index (κ2) is 7.11. The molecule has 0 spiro atoms. The van der Waals surface area contributed by atoms with Gasteiger partial charge in [-0.15, -0.1) is 0 Å². The Morgan fingerprint density at radius 3 is 2.43 bits per heavy atom. The van der Waals surface area contributed by atoms with Crippen LogP contribution in [0.25, 0.3) is 0 Å². The molecule has 1 unspecified atom stereocenters. The molecule has 1 aromatic rings. The lowest BCUT2D eigenvalue weighted by Crippen LogP contribution is -2.42. The van der Waals surface area contributed by atoms with Crippen molar-refractivity contribution in [3.63, 3.8) is 0 Å². The van der Waals surface area contributed by atoms with Crippen LogP contribution >= 0.6 is 0 Å². The normalized spacial score (nSPS) is 15.2. The number of rotatable bonds is 4. The Kier molecular flexibility index (Phi) is 5.39. The van der Waals surface area contributed by atoms with Crippen molar-refractivity contribution in [2.24, 2.45) is 11.3 Å². The molecule has 0 bridgehead atoms. The van der Waals surface area contributed by atoms with Crippen LogP contribution in [0.4, 0.5) is 4.79 Å². The highest BCUT2D eigenvalue weighted by atomic mass is 16.6. The van der Waals surface area contributed by atoms with Gasteiger partial charge in [-0.25, -0.2) is 4.79 Å². The van der Waals surface area contributed by atoms with Crippen molar-refractivity contribution in [3.8, 4) is 11.5 Å². The molecule has 2 rings (SSSR count). The molecule has 1 aliphatic rings. The fourth-order valence-corrected chi connectivity index (χ4v) is 2.43. The molecule has 1 atom stereocenters. The zero-order valence-electron chi connectivity index (χ0n) is 14.7. The molecule has 0 saturated carbocycles. The van der Waals surface area contributed by atoms with Crippen molar-refractivity contribution < 1.29 is 14.3 Å². The summed E-state index contributed by atoms with van der Waals surface area (Å²) in [5.74, 6) is 1.77. The van der Waals surface area contributed by atoms with Gasteiger partial charge in [-0.1, -0.05) is 40.7 Å². The molecule has 128 valence electrons. The zero-order chi connectivity index (χ0) is 17.0. The minimum atomic E-state index is -0.145. The minimum absolute atomic E-state index is 0.0572. The lowest BCUT2D eigenvalue weighted by atomic mass is 9.95. The molecule has 5 nitrogen and oxygen atoms in total. The third-order valence-electron chi connectivity index (χ3n) is 3.66. The molecule has 1 aliphatic heterocycles. The first kappa shape index (κ1) is 17.4. The van der Waals surface area contributed by atoms with E-state index in [0.717, 1.165) is 17.1 Å². The highest BCUT2D eigenvalue weighted by Crippen LogP contribution is 2.34. The van der Waals surface area contributed by atoms with E-state index in [2.05, 4.69) is 45.3 Å². The van der Waals surface area contributed by atoms with E-state index >= 15 is 0 Å². The molecule has 1 heterocycles. The number of ether oxygens (including phenoxy) is 2. The summed E-state index contributed by atoms with van der Waals surface area (Å²) in [7, 11) is 0. The fraction of sp³-hybridized carbons (Fsp3) is 0.611. The molecule has 5 heteroatoms. The summed E-state index contributed by atoms with van der Waals surface area (Å²) in [6.07, 6.45) is 0. The average Bonchev–Trinajstić information content (AvgIpc) is 2.49. The maximum atomic E-state index is 12.2. The van der Waals surface area contributed by atoms with Gasteiger partial charge in [-0.2, -0.15) is 0 Å². The number of fused-ring (bicyclic) bond motifs is 1. The summed E-state index contributed by atoms with van der Waals surface area (Å²) in [6, 6.07) is 5.64. The molecule has 2 N–H and O–H groups in total. The third-order valence-corrected chi connectivity index (χ3v) is 3.66. The van der Waals surface area contributed by atoms with E-state index in [1.54, 1.807) is 0 Å². The van der Waals surface area contributed by atoms with Crippen LogP contribution in [0.15, 0.2) is 18.2 Å². The highest BCUT2D eigenvalue weighted by molar-refractivity contribution is 5.74. The van der Waals surface area contributed by atoms with Gasteiger partial charge in [-0.3, -0.25) is 0 Å². The molecule has 23 heavy (non-hydrogen) atoms. The monoisotopic (exact) mass is 320 g/mol. The Balaban J connectivity index is 2.08. The van der Waals surface area contributed by atoms with Crippen LogP contribution in [0.5, 0.6) is 11.5 Å². The van der Waals surface area contributed by atoms with Crippen LogP contribution in [-0.4, -0.2) is 25.8 Å². The second-order valence-corrected chi connectivity index (χ2v) is 7.51. The molecule has 0 aromatic heterocycles. The Morgan fingerprint density at radius 2 is 1.83 bits per heavy atom. The predicted molar refractivity (Wildman–Crippen MR) is 91.0 cm³/mol. The zero-order valence-corrected chi connectivity index (χ0v) is 14.7. The highest BCUT2D eigenvalue weighted by Gasteiger charge is 2.22. The summed E-state index contributed by atoms with van der Waals surface area (Å²) in [5.41, 5.74) is 1.08. The minimum Gasteiger partial charge on any atom is -0.486 e.